The first-order valence-electron chi connectivity index (χ1n) is 7.14. The molecule has 0 N–H and O–H groups in total. The summed E-state index contributed by atoms with van der Waals surface area (Å²) < 4.78 is 15.1. The molecule has 0 atom stereocenters. The van der Waals surface area contributed by atoms with Gasteiger partial charge in [-0.3, -0.25) is 0 Å². The number of rotatable bonds is 4. The molecule has 2 aromatic carbocycles. The van der Waals surface area contributed by atoms with Crippen LogP contribution >= 0.6 is 0 Å². The van der Waals surface area contributed by atoms with Crippen LogP contribution < -0.4 is 24.0 Å². The van der Waals surface area contributed by atoms with Crippen LogP contribution in [0.4, 0.5) is 4.39 Å². The number of aromatic nitrogens is 2. The summed E-state index contributed by atoms with van der Waals surface area (Å²) in [7, 11) is 0. The zero-order valence-electron chi connectivity index (χ0n) is 13.5. The SMILES string of the molecule is Cc1cc(-c2cn(-c3ccccc3)c(CC(=O)[O-])n2)ccc1F.[Li+]. The maximum atomic E-state index is 13.4. The molecule has 0 fully saturated rings. The molecular formula is C18H14FLiN2O2. The van der Waals surface area contributed by atoms with Gasteiger partial charge in [0.2, 0.25) is 0 Å². The zero-order valence-corrected chi connectivity index (χ0v) is 13.5. The van der Waals surface area contributed by atoms with E-state index in [1.807, 2.05) is 30.3 Å². The number of nitrogens with zero attached hydrogens (tertiary/aromatic N) is 2. The third-order valence-electron chi connectivity index (χ3n) is 3.57. The molecule has 0 saturated carbocycles. The Morgan fingerprint density at radius 1 is 1.21 bits per heavy atom. The van der Waals surface area contributed by atoms with E-state index >= 15 is 0 Å². The van der Waals surface area contributed by atoms with Crippen molar-refractivity contribution in [3.63, 3.8) is 0 Å². The number of aliphatic carboxylic acids is 1. The Kier molecular flexibility index (Phi) is 5.61. The van der Waals surface area contributed by atoms with Gasteiger partial charge in [-0.25, -0.2) is 9.37 Å². The van der Waals surface area contributed by atoms with E-state index in [2.05, 4.69) is 4.98 Å². The van der Waals surface area contributed by atoms with Crippen LogP contribution in [0.1, 0.15) is 11.4 Å². The van der Waals surface area contributed by atoms with Gasteiger partial charge in [0.1, 0.15) is 11.6 Å². The van der Waals surface area contributed by atoms with Crippen LogP contribution in [0.5, 0.6) is 0 Å². The van der Waals surface area contributed by atoms with Gasteiger partial charge in [0, 0.05) is 29.8 Å². The Balaban J connectivity index is 0.00000208. The number of aryl methyl sites for hydroxylation is 1. The topological polar surface area (TPSA) is 58.0 Å². The van der Waals surface area contributed by atoms with Gasteiger partial charge < -0.3 is 14.5 Å². The molecule has 1 aromatic heterocycles. The van der Waals surface area contributed by atoms with E-state index in [0.717, 1.165) is 11.3 Å². The maximum Gasteiger partial charge on any atom is 1.00 e. The Labute approximate surface area is 151 Å². The molecule has 0 spiro atoms. The maximum absolute atomic E-state index is 13.4. The van der Waals surface area contributed by atoms with E-state index in [1.54, 1.807) is 29.8 Å². The number of halogens is 1. The van der Waals surface area contributed by atoms with E-state index in [0.29, 0.717) is 17.1 Å². The summed E-state index contributed by atoms with van der Waals surface area (Å²) in [6, 6.07) is 14.0. The quantitative estimate of drug-likeness (QED) is 0.597. The third kappa shape index (κ3) is 3.76. The number of carboxylic acids is 1. The fourth-order valence-electron chi connectivity index (χ4n) is 2.43. The van der Waals surface area contributed by atoms with Gasteiger partial charge in [-0.05, 0) is 42.8 Å². The van der Waals surface area contributed by atoms with Gasteiger partial charge in [0.25, 0.3) is 0 Å². The van der Waals surface area contributed by atoms with E-state index in [9.17, 15) is 14.3 Å². The molecule has 0 aliphatic rings. The second kappa shape index (κ2) is 7.48. The van der Waals surface area contributed by atoms with Crippen molar-refractivity contribution in [2.24, 2.45) is 0 Å². The van der Waals surface area contributed by atoms with Crippen LogP contribution in [0.15, 0.2) is 54.7 Å². The first kappa shape index (κ1) is 18.0. The molecule has 0 radical (unpaired) electrons. The van der Waals surface area contributed by atoms with Crippen LogP contribution in [0.3, 0.4) is 0 Å². The van der Waals surface area contributed by atoms with Crippen molar-refractivity contribution in [3.05, 3.63) is 71.9 Å². The first-order valence-corrected chi connectivity index (χ1v) is 7.14. The van der Waals surface area contributed by atoms with Gasteiger partial charge in [-0.15, -0.1) is 0 Å². The molecule has 0 aliphatic heterocycles. The monoisotopic (exact) mass is 316 g/mol. The summed E-state index contributed by atoms with van der Waals surface area (Å²) in [6.45, 7) is 1.68. The van der Waals surface area contributed by atoms with E-state index in [-0.39, 0.29) is 31.1 Å². The third-order valence-corrected chi connectivity index (χ3v) is 3.57. The minimum Gasteiger partial charge on any atom is -0.550 e. The molecule has 0 aliphatic carbocycles. The molecule has 0 bridgehead atoms. The first-order chi connectivity index (χ1) is 11.0. The van der Waals surface area contributed by atoms with Crippen LogP contribution in [0, 0.1) is 12.7 Å². The summed E-state index contributed by atoms with van der Waals surface area (Å²) in [5, 5.41) is 11.0. The van der Waals surface area contributed by atoms with Crippen LogP contribution in [-0.2, 0) is 11.2 Å². The molecule has 3 rings (SSSR count). The molecule has 0 saturated heterocycles. The fraction of sp³-hybridized carbons (Fsp3) is 0.111. The van der Waals surface area contributed by atoms with E-state index in [1.165, 1.54) is 6.07 Å². The molecule has 0 unspecified atom stereocenters. The van der Waals surface area contributed by atoms with Gasteiger partial charge >= 0.3 is 18.9 Å². The largest absolute Gasteiger partial charge is 1.00 e. The Morgan fingerprint density at radius 3 is 2.54 bits per heavy atom. The second-order valence-electron chi connectivity index (χ2n) is 5.26. The summed E-state index contributed by atoms with van der Waals surface area (Å²) >= 11 is 0. The van der Waals surface area contributed by atoms with Crippen molar-refractivity contribution in [1.82, 2.24) is 9.55 Å². The van der Waals surface area contributed by atoms with Crippen LogP contribution in [0.25, 0.3) is 16.9 Å². The fourth-order valence-corrected chi connectivity index (χ4v) is 2.43. The average molecular weight is 316 g/mol. The van der Waals surface area contributed by atoms with Crippen molar-refractivity contribution in [2.45, 2.75) is 13.3 Å². The van der Waals surface area contributed by atoms with Gasteiger partial charge in [-0.2, -0.15) is 0 Å². The van der Waals surface area contributed by atoms with Crippen molar-refractivity contribution in [3.8, 4) is 16.9 Å². The number of carboxylic acid groups (broad SMARTS) is 1. The Bertz CT molecular complexity index is 863. The number of para-hydroxylation sites is 1. The predicted octanol–water partition coefficient (Wildman–Crippen LogP) is -0.717. The minimum absolute atomic E-state index is 0. The number of benzene rings is 2. The number of hydrogen-bond donors (Lipinski definition) is 0. The zero-order chi connectivity index (χ0) is 16.4. The van der Waals surface area contributed by atoms with Gasteiger partial charge in [0.05, 0.1) is 5.69 Å². The number of imidazole rings is 1. The molecule has 6 heteroatoms. The van der Waals surface area contributed by atoms with E-state index in [4.69, 9.17) is 0 Å². The Morgan fingerprint density at radius 2 is 1.92 bits per heavy atom. The predicted molar refractivity (Wildman–Crippen MR) is 82.4 cm³/mol. The molecular weight excluding hydrogens is 302 g/mol. The normalized spacial score (nSPS) is 10.2. The molecule has 3 aromatic rings. The van der Waals surface area contributed by atoms with Crippen LogP contribution in [-0.4, -0.2) is 15.5 Å². The second-order valence-corrected chi connectivity index (χ2v) is 5.26. The summed E-state index contributed by atoms with van der Waals surface area (Å²) in [5.74, 6) is -1.12. The van der Waals surface area contributed by atoms with E-state index < -0.39 is 5.97 Å². The molecule has 24 heavy (non-hydrogen) atoms. The molecule has 116 valence electrons. The van der Waals surface area contributed by atoms with Crippen molar-refractivity contribution in [2.75, 3.05) is 0 Å². The van der Waals surface area contributed by atoms with Gasteiger partial charge in [-0.1, -0.05) is 18.2 Å². The molecule has 1 heterocycles. The van der Waals surface area contributed by atoms with Crippen molar-refractivity contribution >= 4 is 5.97 Å². The van der Waals surface area contributed by atoms with Crippen molar-refractivity contribution in [1.29, 1.82) is 0 Å². The molecule has 4 nitrogen and oxygen atoms in total. The van der Waals surface area contributed by atoms with Crippen LogP contribution in [0.2, 0.25) is 0 Å². The summed E-state index contributed by atoms with van der Waals surface area (Å²) in [4.78, 5) is 15.4. The number of carbonyl (C=O) groups excluding carboxylic acids is 1. The standard InChI is InChI=1S/C18H15FN2O2.Li/c1-12-9-13(7-8-15(12)19)16-11-21(14-5-3-2-4-6-14)17(20-16)10-18(22)23;/h2-9,11H,10H2,1H3,(H,22,23);/q;+1/p-1. The molecule has 0 amide bonds. The van der Waals surface area contributed by atoms with Gasteiger partial charge in [0.15, 0.2) is 0 Å². The minimum atomic E-state index is -1.20. The van der Waals surface area contributed by atoms with Crippen molar-refractivity contribution < 1.29 is 33.2 Å². The average Bonchev–Trinajstić information content (AvgIpc) is 2.94. The number of carbonyl (C=O) groups is 1. The Hall–Kier alpha value is -2.35. The number of hydrogen-bond acceptors (Lipinski definition) is 3. The summed E-state index contributed by atoms with van der Waals surface area (Å²) in [6.07, 6.45) is 1.45. The summed E-state index contributed by atoms with van der Waals surface area (Å²) in [5.41, 5.74) is 2.64. The smallest absolute Gasteiger partial charge is 0.550 e.